The fourth-order valence-corrected chi connectivity index (χ4v) is 2.49. The summed E-state index contributed by atoms with van der Waals surface area (Å²) in [5.41, 5.74) is -0.735. The average Bonchev–Trinajstić information content (AvgIpc) is 2.29. The molecule has 0 bridgehead atoms. The van der Waals surface area contributed by atoms with E-state index < -0.39 is 5.60 Å². The first-order valence-corrected chi connectivity index (χ1v) is 8.01. The summed E-state index contributed by atoms with van der Waals surface area (Å²) >= 11 is 2.12. The van der Waals surface area contributed by atoms with Crippen LogP contribution in [-0.4, -0.2) is 26.7 Å². The Balaban J connectivity index is 2.48. The molecular formula is C14H25IO3. The number of hydrogen-bond acceptors (Lipinski definition) is 3. The second-order valence-corrected chi connectivity index (χ2v) is 7.80. The molecule has 1 aliphatic rings. The molecule has 1 aliphatic carbocycles. The van der Waals surface area contributed by atoms with Crippen LogP contribution in [0, 0.1) is 5.41 Å². The second kappa shape index (κ2) is 6.07. The van der Waals surface area contributed by atoms with E-state index >= 15 is 0 Å². The fraction of sp³-hybridized carbons (Fsp3) is 0.929. The van der Waals surface area contributed by atoms with Crippen molar-refractivity contribution in [3.8, 4) is 0 Å². The zero-order valence-electron chi connectivity index (χ0n) is 11.8. The Morgan fingerprint density at radius 2 is 1.94 bits per heavy atom. The maximum atomic E-state index is 11.7. The molecule has 3 nitrogen and oxygen atoms in total. The van der Waals surface area contributed by atoms with Gasteiger partial charge in [-0.3, -0.25) is 4.79 Å². The standard InChI is InChI=1S/C14H25IO3/c1-5-11(15)12(16)18-10-6-8-14(17,9-7-10)13(2,3)4/h10-11,17H,5-9H2,1-4H3. The van der Waals surface area contributed by atoms with Gasteiger partial charge in [0.25, 0.3) is 0 Å². The van der Waals surface area contributed by atoms with Crippen molar-refractivity contribution in [3.63, 3.8) is 0 Å². The molecule has 0 spiro atoms. The zero-order valence-corrected chi connectivity index (χ0v) is 14.0. The van der Waals surface area contributed by atoms with Crippen LogP contribution in [0.2, 0.25) is 0 Å². The molecule has 0 aliphatic heterocycles. The first kappa shape index (κ1) is 16.2. The summed E-state index contributed by atoms with van der Waals surface area (Å²) in [6.07, 6.45) is 3.76. The minimum Gasteiger partial charge on any atom is -0.462 e. The van der Waals surface area contributed by atoms with Gasteiger partial charge in [-0.15, -0.1) is 0 Å². The first-order valence-electron chi connectivity index (χ1n) is 6.76. The third kappa shape index (κ3) is 3.83. The molecule has 1 fully saturated rings. The third-order valence-electron chi connectivity index (χ3n) is 4.05. The van der Waals surface area contributed by atoms with Crippen LogP contribution in [0.25, 0.3) is 0 Å². The molecule has 1 atom stereocenters. The van der Waals surface area contributed by atoms with E-state index in [4.69, 9.17) is 4.74 Å². The highest BCUT2D eigenvalue weighted by atomic mass is 127. The number of rotatable bonds is 3. The number of halogens is 1. The summed E-state index contributed by atoms with van der Waals surface area (Å²) in [6.45, 7) is 8.18. The lowest BCUT2D eigenvalue weighted by Crippen LogP contribution is -2.47. The van der Waals surface area contributed by atoms with E-state index in [-0.39, 0.29) is 21.4 Å². The van der Waals surface area contributed by atoms with Gasteiger partial charge in [0.1, 0.15) is 10.0 Å². The molecule has 0 radical (unpaired) electrons. The predicted octanol–water partition coefficient (Wildman–Crippen LogP) is 3.46. The number of hydrogen-bond donors (Lipinski definition) is 1. The van der Waals surface area contributed by atoms with Crippen LogP contribution in [0.4, 0.5) is 0 Å². The lowest BCUT2D eigenvalue weighted by molar-refractivity contribution is -0.157. The monoisotopic (exact) mass is 368 g/mol. The van der Waals surface area contributed by atoms with Crippen LogP contribution in [0.5, 0.6) is 0 Å². The van der Waals surface area contributed by atoms with Gasteiger partial charge in [-0.2, -0.15) is 0 Å². The Morgan fingerprint density at radius 1 is 1.44 bits per heavy atom. The zero-order chi connectivity index (χ0) is 14.0. The molecule has 1 rings (SSSR count). The number of esters is 1. The lowest BCUT2D eigenvalue weighted by Gasteiger charge is -2.44. The number of ether oxygens (including phenoxy) is 1. The predicted molar refractivity (Wildman–Crippen MR) is 80.9 cm³/mol. The van der Waals surface area contributed by atoms with Crippen molar-refractivity contribution in [3.05, 3.63) is 0 Å². The molecule has 1 unspecified atom stereocenters. The number of carbonyl (C=O) groups excluding carboxylic acids is 1. The van der Waals surface area contributed by atoms with E-state index in [0.717, 1.165) is 19.3 Å². The SMILES string of the molecule is CCC(I)C(=O)OC1CCC(O)(C(C)(C)C)CC1. The van der Waals surface area contributed by atoms with E-state index in [1.807, 2.05) is 6.92 Å². The molecule has 1 saturated carbocycles. The molecule has 106 valence electrons. The van der Waals surface area contributed by atoms with Crippen LogP contribution in [-0.2, 0) is 9.53 Å². The van der Waals surface area contributed by atoms with Gasteiger partial charge in [0.2, 0.25) is 0 Å². The Kier molecular flexibility index (Phi) is 5.47. The van der Waals surface area contributed by atoms with Crippen molar-refractivity contribution in [1.82, 2.24) is 0 Å². The molecule has 0 saturated heterocycles. The molecule has 1 N–H and O–H groups in total. The van der Waals surface area contributed by atoms with Gasteiger partial charge in [0, 0.05) is 0 Å². The van der Waals surface area contributed by atoms with E-state index in [0.29, 0.717) is 12.8 Å². The summed E-state index contributed by atoms with van der Waals surface area (Å²) in [7, 11) is 0. The Bertz CT molecular complexity index is 288. The van der Waals surface area contributed by atoms with Gasteiger partial charge >= 0.3 is 5.97 Å². The molecule has 0 amide bonds. The van der Waals surface area contributed by atoms with Crippen LogP contribution in [0.3, 0.4) is 0 Å². The maximum absolute atomic E-state index is 11.7. The summed E-state index contributed by atoms with van der Waals surface area (Å²) in [6, 6.07) is 0. The molecule has 4 heteroatoms. The van der Waals surface area contributed by atoms with Crippen molar-refractivity contribution in [1.29, 1.82) is 0 Å². The summed E-state index contributed by atoms with van der Waals surface area (Å²) < 4.78 is 5.44. The van der Waals surface area contributed by atoms with Crippen LogP contribution < -0.4 is 0 Å². The van der Waals surface area contributed by atoms with Crippen molar-refractivity contribution < 1.29 is 14.6 Å². The maximum Gasteiger partial charge on any atom is 0.319 e. The Hall–Kier alpha value is 0.160. The highest BCUT2D eigenvalue weighted by Gasteiger charge is 2.43. The van der Waals surface area contributed by atoms with Crippen LogP contribution in [0.15, 0.2) is 0 Å². The summed E-state index contributed by atoms with van der Waals surface area (Å²) in [5.74, 6) is -0.107. The highest BCUT2D eigenvalue weighted by molar-refractivity contribution is 14.1. The van der Waals surface area contributed by atoms with Gasteiger partial charge < -0.3 is 9.84 Å². The quantitative estimate of drug-likeness (QED) is 0.472. The van der Waals surface area contributed by atoms with E-state index in [1.54, 1.807) is 0 Å². The van der Waals surface area contributed by atoms with Crippen molar-refractivity contribution >= 4 is 28.6 Å². The van der Waals surface area contributed by atoms with Gasteiger partial charge in [0.15, 0.2) is 0 Å². The van der Waals surface area contributed by atoms with Gasteiger partial charge in [-0.05, 0) is 37.5 Å². The van der Waals surface area contributed by atoms with Crippen LogP contribution in [0.1, 0.15) is 59.8 Å². The Morgan fingerprint density at radius 3 is 2.33 bits per heavy atom. The highest BCUT2D eigenvalue weighted by Crippen LogP contribution is 2.42. The number of alkyl halides is 1. The van der Waals surface area contributed by atoms with Crippen LogP contribution >= 0.6 is 22.6 Å². The van der Waals surface area contributed by atoms with E-state index in [1.165, 1.54) is 0 Å². The first-order chi connectivity index (χ1) is 8.19. The van der Waals surface area contributed by atoms with Gasteiger partial charge in [-0.1, -0.05) is 50.3 Å². The van der Waals surface area contributed by atoms with Crippen molar-refractivity contribution in [2.24, 2.45) is 5.41 Å². The normalized spacial score (nSPS) is 30.9. The molecular weight excluding hydrogens is 343 g/mol. The number of carbonyl (C=O) groups is 1. The average molecular weight is 368 g/mol. The molecule has 0 aromatic carbocycles. The second-order valence-electron chi connectivity index (χ2n) is 6.29. The van der Waals surface area contributed by atoms with Gasteiger partial charge in [-0.25, -0.2) is 0 Å². The van der Waals surface area contributed by atoms with E-state index in [2.05, 4.69) is 43.4 Å². The molecule has 18 heavy (non-hydrogen) atoms. The molecule has 0 aromatic heterocycles. The van der Waals surface area contributed by atoms with E-state index in [9.17, 15) is 9.90 Å². The summed E-state index contributed by atoms with van der Waals surface area (Å²) in [4.78, 5) is 11.7. The Labute approximate surface area is 124 Å². The largest absolute Gasteiger partial charge is 0.462 e. The third-order valence-corrected chi connectivity index (χ3v) is 5.44. The van der Waals surface area contributed by atoms with Gasteiger partial charge in [0.05, 0.1) is 5.60 Å². The van der Waals surface area contributed by atoms with Crippen molar-refractivity contribution in [2.75, 3.05) is 0 Å². The smallest absolute Gasteiger partial charge is 0.319 e. The van der Waals surface area contributed by atoms with Crippen molar-refractivity contribution in [2.45, 2.75) is 75.4 Å². The molecule has 0 heterocycles. The minimum atomic E-state index is -0.621. The minimum absolute atomic E-state index is 0.0102. The summed E-state index contributed by atoms with van der Waals surface area (Å²) in [5, 5.41) is 10.6. The lowest BCUT2D eigenvalue weighted by atomic mass is 9.68. The fourth-order valence-electron chi connectivity index (χ4n) is 2.34. The number of aliphatic hydroxyl groups is 1. The molecule has 0 aromatic rings. The topological polar surface area (TPSA) is 46.5 Å².